The molecule has 7 nitrogen and oxygen atoms in total. The van der Waals surface area contributed by atoms with Gasteiger partial charge in [0.2, 0.25) is 5.91 Å². The van der Waals surface area contributed by atoms with Crippen molar-refractivity contribution < 1.29 is 19.5 Å². The average Bonchev–Trinajstić information content (AvgIpc) is 2.60. The summed E-state index contributed by atoms with van der Waals surface area (Å²) in [6.45, 7) is 2.73. The molecule has 1 atom stereocenters. The van der Waals surface area contributed by atoms with E-state index < -0.39 is 11.9 Å². The first-order chi connectivity index (χ1) is 11.8. The van der Waals surface area contributed by atoms with Crippen LogP contribution in [0.5, 0.6) is 0 Å². The summed E-state index contributed by atoms with van der Waals surface area (Å²) in [7, 11) is 3.43. The van der Waals surface area contributed by atoms with Crippen LogP contribution in [-0.4, -0.2) is 60.0 Å². The molecule has 1 fully saturated rings. The number of likely N-dealkylation sites (tertiary alicyclic amines) is 1. The normalized spacial score (nSPS) is 16.2. The number of carbonyl (C=O) groups is 3. The van der Waals surface area contributed by atoms with Crippen LogP contribution >= 0.6 is 0 Å². The molecule has 1 aromatic carbocycles. The predicted octanol–water partition coefficient (Wildman–Crippen LogP) is 2.21. The van der Waals surface area contributed by atoms with Gasteiger partial charge in [0.1, 0.15) is 0 Å². The largest absolute Gasteiger partial charge is 0.481 e. The van der Waals surface area contributed by atoms with Crippen LogP contribution in [0, 0.1) is 5.92 Å². The number of rotatable bonds is 4. The zero-order valence-electron chi connectivity index (χ0n) is 14.9. The van der Waals surface area contributed by atoms with Crippen molar-refractivity contribution in [2.24, 2.45) is 5.92 Å². The van der Waals surface area contributed by atoms with Crippen molar-refractivity contribution in [3.63, 3.8) is 0 Å². The number of hydrogen-bond acceptors (Lipinski definition) is 3. The van der Waals surface area contributed by atoms with Gasteiger partial charge in [-0.2, -0.15) is 0 Å². The molecule has 1 saturated heterocycles. The Kier molecular flexibility index (Phi) is 6.01. The van der Waals surface area contributed by atoms with Crippen molar-refractivity contribution >= 4 is 23.6 Å². The van der Waals surface area contributed by atoms with Gasteiger partial charge in [0.05, 0.1) is 5.92 Å². The van der Waals surface area contributed by atoms with E-state index in [0.717, 1.165) is 0 Å². The number of carbonyl (C=O) groups excluding carboxylic acids is 2. The molecule has 1 heterocycles. The van der Waals surface area contributed by atoms with Crippen LogP contribution in [0.25, 0.3) is 0 Å². The van der Waals surface area contributed by atoms with Crippen LogP contribution in [0.2, 0.25) is 0 Å². The van der Waals surface area contributed by atoms with Crippen molar-refractivity contribution in [3.8, 4) is 0 Å². The monoisotopic (exact) mass is 347 g/mol. The molecule has 1 aromatic rings. The van der Waals surface area contributed by atoms with Crippen LogP contribution in [0.15, 0.2) is 24.3 Å². The minimum absolute atomic E-state index is 0.0331. The quantitative estimate of drug-likeness (QED) is 0.874. The minimum Gasteiger partial charge on any atom is -0.481 e. The van der Waals surface area contributed by atoms with Gasteiger partial charge in [-0.25, -0.2) is 4.79 Å². The molecule has 0 radical (unpaired) electrons. The van der Waals surface area contributed by atoms with Crippen LogP contribution in [0.4, 0.5) is 10.5 Å². The standard InChI is InChI=1S/C18H25N3O4/c1-12(17(23)24)14-5-4-6-15(11-14)19-16(22)13-7-9-21(10-8-13)18(25)20(2)3/h4-6,11-13H,7-10H2,1-3H3,(H,19,22)(H,23,24). The van der Waals surface area contributed by atoms with Crippen LogP contribution in [0.1, 0.15) is 31.2 Å². The van der Waals surface area contributed by atoms with Crippen LogP contribution in [0.3, 0.4) is 0 Å². The second-order valence-corrected chi connectivity index (χ2v) is 6.61. The van der Waals surface area contributed by atoms with Gasteiger partial charge in [-0.1, -0.05) is 12.1 Å². The number of amides is 3. The highest BCUT2D eigenvalue weighted by molar-refractivity contribution is 5.93. The summed E-state index contributed by atoms with van der Waals surface area (Å²) >= 11 is 0. The fourth-order valence-electron chi connectivity index (χ4n) is 2.89. The fourth-order valence-corrected chi connectivity index (χ4v) is 2.89. The molecule has 1 unspecified atom stereocenters. The first-order valence-corrected chi connectivity index (χ1v) is 8.39. The molecule has 2 N–H and O–H groups in total. The van der Waals surface area contributed by atoms with Crippen molar-refractivity contribution in [1.82, 2.24) is 9.80 Å². The maximum Gasteiger partial charge on any atom is 0.319 e. The van der Waals surface area contributed by atoms with E-state index in [1.165, 1.54) is 4.90 Å². The molecule has 0 bridgehead atoms. The van der Waals surface area contributed by atoms with Crippen LogP contribution in [-0.2, 0) is 9.59 Å². The Morgan fingerprint density at radius 2 is 1.88 bits per heavy atom. The van der Waals surface area contributed by atoms with Gasteiger partial charge >= 0.3 is 12.0 Å². The summed E-state index contributed by atoms with van der Waals surface area (Å²) in [4.78, 5) is 38.8. The van der Waals surface area contributed by atoms with E-state index in [9.17, 15) is 14.4 Å². The predicted molar refractivity (Wildman–Crippen MR) is 94.5 cm³/mol. The Labute approximate surface area is 147 Å². The first-order valence-electron chi connectivity index (χ1n) is 8.39. The Morgan fingerprint density at radius 3 is 2.44 bits per heavy atom. The lowest BCUT2D eigenvalue weighted by Gasteiger charge is -2.33. The summed E-state index contributed by atoms with van der Waals surface area (Å²) < 4.78 is 0. The maximum absolute atomic E-state index is 12.5. The number of anilines is 1. The number of urea groups is 1. The van der Waals surface area contributed by atoms with Gasteiger partial charge in [-0.05, 0) is 37.5 Å². The van der Waals surface area contributed by atoms with E-state index in [2.05, 4.69) is 5.32 Å². The Bertz CT molecular complexity index is 651. The number of aliphatic carboxylic acids is 1. The van der Waals surface area contributed by atoms with E-state index in [0.29, 0.717) is 37.2 Å². The molecule has 3 amide bonds. The first kappa shape index (κ1) is 18.8. The highest BCUT2D eigenvalue weighted by Gasteiger charge is 2.28. The maximum atomic E-state index is 12.5. The molecular weight excluding hydrogens is 322 g/mol. The Morgan fingerprint density at radius 1 is 1.24 bits per heavy atom. The highest BCUT2D eigenvalue weighted by Crippen LogP contribution is 2.23. The van der Waals surface area contributed by atoms with E-state index in [4.69, 9.17) is 5.11 Å². The number of nitrogens with zero attached hydrogens (tertiary/aromatic N) is 2. The lowest BCUT2D eigenvalue weighted by molar-refractivity contribution is -0.138. The highest BCUT2D eigenvalue weighted by atomic mass is 16.4. The number of piperidine rings is 1. The second kappa shape index (κ2) is 8.00. The Balaban J connectivity index is 1.94. The second-order valence-electron chi connectivity index (χ2n) is 6.61. The minimum atomic E-state index is -0.901. The van der Waals surface area contributed by atoms with Crippen molar-refractivity contribution in [2.45, 2.75) is 25.7 Å². The summed E-state index contributed by atoms with van der Waals surface area (Å²) in [5.74, 6) is -1.76. The number of benzene rings is 1. The van der Waals surface area contributed by atoms with E-state index in [1.54, 1.807) is 50.2 Å². The zero-order valence-corrected chi connectivity index (χ0v) is 14.9. The summed E-state index contributed by atoms with van der Waals surface area (Å²) in [6.07, 6.45) is 1.24. The molecule has 136 valence electrons. The van der Waals surface area contributed by atoms with Crippen molar-refractivity contribution in [2.75, 3.05) is 32.5 Å². The molecule has 0 spiro atoms. The van der Waals surface area contributed by atoms with Gasteiger partial charge in [0.15, 0.2) is 0 Å². The van der Waals surface area contributed by atoms with Crippen LogP contribution < -0.4 is 5.32 Å². The van der Waals surface area contributed by atoms with Crippen molar-refractivity contribution in [3.05, 3.63) is 29.8 Å². The molecule has 0 aromatic heterocycles. The summed E-state index contributed by atoms with van der Waals surface area (Å²) in [5.41, 5.74) is 1.25. The van der Waals surface area contributed by atoms with Crippen molar-refractivity contribution in [1.29, 1.82) is 0 Å². The van der Waals surface area contributed by atoms with Gasteiger partial charge in [-0.3, -0.25) is 9.59 Å². The molecular formula is C18H25N3O4. The SMILES string of the molecule is CC(C(=O)O)c1cccc(NC(=O)C2CCN(C(=O)N(C)C)CC2)c1. The molecule has 25 heavy (non-hydrogen) atoms. The third-order valence-corrected chi connectivity index (χ3v) is 4.54. The summed E-state index contributed by atoms with van der Waals surface area (Å²) in [5, 5.41) is 12.0. The van der Waals surface area contributed by atoms with E-state index in [-0.39, 0.29) is 17.9 Å². The van der Waals surface area contributed by atoms with E-state index >= 15 is 0 Å². The molecule has 0 saturated carbocycles. The third-order valence-electron chi connectivity index (χ3n) is 4.54. The molecule has 0 aliphatic carbocycles. The Hall–Kier alpha value is -2.57. The molecule has 1 aliphatic rings. The zero-order chi connectivity index (χ0) is 18.6. The fraction of sp³-hybridized carbons (Fsp3) is 0.500. The van der Waals surface area contributed by atoms with Gasteiger partial charge in [-0.15, -0.1) is 0 Å². The number of hydrogen-bond donors (Lipinski definition) is 2. The topological polar surface area (TPSA) is 90.0 Å². The van der Waals surface area contributed by atoms with Gasteiger partial charge in [0.25, 0.3) is 0 Å². The van der Waals surface area contributed by atoms with E-state index in [1.807, 2.05) is 0 Å². The molecule has 1 aliphatic heterocycles. The lowest BCUT2D eigenvalue weighted by atomic mass is 9.95. The third kappa shape index (κ3) is 4.71. The number of carboxylic acid groups (broad SMARTS) is 1. The number of carboxylic acids is 1. The smallest absolute Gasteiger partial charge is 0.319 e. The summed E-state index contributed by atoms with van der Waals surface area (Å²) in [6, 6.07) is 6.89. The molecule has 2 rings (SSSR count). The lowest BCUT2D eigenvalue weighted by Crippen LogP contribution is -2.45. The molecule has 7 heteroatoms. The van der Waals surface area contributed by atoms with Gasteiger partial charge in [0, 0.05) is 38.8 Å². The average molecular weight is 347 g/mol. The van der Waals surface area contributed by atoms with Gasteiger partial charge < -0.3 is 20.2 Å². The number of nitrogens with one attached hydrogen (secondary N) is 1.